The van der Waals surface area contributed by atoms with Gasteiger partial charge in [-0.25, -0.2) is 0 Å². The smallest absolute Gasteiger partial charge is 0.0903 e. The molecule has 2 aromatic carbocycles. The molecule has 3 heterocycles. The zero-order valence-corrected chi connectivity index (χ0v) is 13.8. The molecule has 3 aromatic rings. The number of rotatable bonds is 1. The van der Waals surface area contributed by atoms with Crippen LogP contribution >= 0.6 is 11.6 Å². The molecule has 4 heteroatoms. The van der Waals surface area contributed by atoms with Crippen LogP contribution < -0.4 is 5.32 Å². The standard InChI is InChI=1S/C20H17ClN2O/c21-13-4-1-3-12(11-13)19-15-8-10-24-20(15)18-14-5-2-9-22-16(14)6-7-17(18)23-19/h1-7,9,11,15,19-20,23H,8,10H2/t15-,19-,20-/m1/s1. The summed E-state index contributed by atoms with van der Waals surface area (Å²) in [6.07, 6.45) is 3.00. The van der Waals surface area contributed by atoms with E-state index in [0.717, 1.165) is 29.3 Å². The Morgan fingerprint density at radius 2 is 2.08 bits per heavy atom. The van der Waals surface area contributed by atoms with Gasteiger partial charge in [-0.05, 0) is 42.3 Å². The van der Waals surface area contributed by atoms with Crippen LogP contribution in [0, 0.1) is 5.92 Å². The number of anilines is 1. The van der Waals surface area contributed by atoms with Gasteiger partial charge in [0.15, 0.2) is 0 Å². The van der Waals surface area contributed by atoms with E-state index in [1.165, 1.54) is 16.5 Å². The summed E-state index contributed by atoms with van der Waals surface area (Å²) < 4.78 is 6.17. The molecule has 5 rings (SSSR count). The largest absolute Gasteiger partial charge is 0.378 e. The zero-order chi connectivity index (χ0) is 16.1. The Morgan fingerprint density at radius 3 is 3.00 bits per heavy atom. The molecule has 24 heavy (non-hydrogen) atoms. The van der Waals surface area contributed by atoms with Crippen LogP contribution in [-0.2, 0) is 4.74 Å². The number of fused-ring (bicyclic) bond motifs is 5. The summed E-state index contributed by atoms with van der Waals surface area (Å²) in [6, 6.07) is 16.7. The second-order valence-corrected chi connectivity index (χ2v) is 6.95. The number of pyridine rings is 1. The molecular weight excluding hydrogens is 320 g/mol. The van der Waals surface area contributed by atoms with Crippen LogP contribution in [0.5, 0.6) is 0 Å². The molecule has 0 amide bonds. The first-order valence-electron chi connectivity index (χ1n) is 8.32. The fourth-order valence-electron chi connectivity index (χ4n) is 4.16. The fourth-order valence-corrected chi connectivity index (χ4v) is 4.36. The lowest BCUT2D eigenvalue weighted by atomic mass is 9.80. The summed E-state index contributed by atoms with van der Waals surface area (Å²) >= 11 is 6.22. The molecule has 3 atom stereocenters. The Kier molecular flexibility index (Phi) is 3.25. The van der Waals surface area contributed by atoms with E-state index in [9.17, 15) is 0 Å². The zero-order valence-electron chi connectivity index (χ0n) is 13.1. The molecule has 0 spiro atoms. The maximum atomic E-state index is 6.22. The fraction of sp³-hybridized carbons (Fsp3) is 0.250. The molecule has 0 aliphatic carbocycles. The third kappa shape index (κ3) is 2.12. The molecule has 3 nitrogen and oxygen atoms in total. The average Bonchev–Trinajstić information content (AvgIpc) is 3.10. The third-order valence-electron chi connectivity index (χ3n) is 5.20. The highest BCUT2D eigenvalue weighted by Gasteiger charge is 2.42. The van der Waals surface area contributed by atoms with E-state index >= 15 is 0 Å². The summed E-state index contributed by atoms with van der Waals surface area (Å²) in [5, 5.41) is 5.70. The van der Waals surface area contributed by atoms with Crippen LogP contribution in [0.15, 0.2) is 54.7 Å². The molecule has 1 N–H and O–H groups in total. The SMILES string of the molecule is Clc1cccc([C@H]2Nc3ccc4ncccc4c3[C@@H]3OCC[C@H]23)c1. The summed E-state index contributed by atoms with van der Waals surface area (Å²) in [5.74, 6) is 0.404. The minimum Gasteiger partial charge on any atom is -0.378 e. The van der Waals surface area contributed by atoms with Gasteiger partial charge in [0.25, 0.3) is 0 Å². The molecule has 1 aromatic heterocycles. The topological polar surface area (TPSA) is 34.2 Å². The first-order chi connectivity index (χ1) is 11.8. The van der Waals surface area contributed by atoms with E-state index in [1.54, 1.807) is 0 Å². The van der Waals surface area contributed by atoms with Crippen LogP contribution in [0.1, 0.15) is 29.7 Å². The first-order valence-corrected chi connectivity index (χ1v) is 8.70. The number of ether oxygens (including phenoxy) is 1. The summed E-state index contributed by atoms with van der Waals surface area (Å²) in [7, 11) is 0. The van der Waals surface area contributed by atoms with Crippen LogP contribution in [0.3, 0.4) is 0 Å². The molecule has 0 radical (unpaired) electrons. The molecule has 2 aliphatic rings. The van der Waals surface area contributed by atoms with Gasteiger partial charge in [0.2, 0.25) is 0 Å². The lowest BCUT2D eigenvalue weighted by Gasteiger charge is -2.37. The van der Waals surface area contributed by atoms with Crippen LogP contribution in [0.25, 0.3) is 10.9 Å². The van der Waals surface area contributed by atoms with E-state index < -0.39 is 0 Å². The maximum absolute atomic E-state index is 6.22. The van der Waals surface area contributed by atoms with Gasteiger partial charge in [-0.2, -0.15) is 0 Å². The number of halogens is 1. The molecule has 0 saturated carbocycles. The van der Waals surface area contributed by atoms with Gasteiger partial charge >= 0.3 is 0 Å². The van der Waals surface area contributed by atoms with Gasteiger partial charge in [-0.3, -0.25) is 4.98 Å². The van der Waals surface area contributed by atoms with Crippen LogP contribution in [0.2, 0.25) is 5.02 Å². The highest BCUT2D eigenvalue weighted by Crippen LogP contribution is 2.51. The molecule has 1 fully saturated rings. The van der Waals surface area contributed by atoms with Crippen molar-refractivity contribution in [3.05, 3.63) is 70.9 Å². The van der Waals surface area contributed by atoms with Gasteiger partial charge in [0.05, 0.1) is 17.7 Å². The number of benzene rings is 2. The molecule has 2 aliphatic heterocycles. The number of aromatic nitrogens is 1. The van der Waals surface area contributed by atoms with Crippen LogP contribution in [-0.4, -0.2) is 11.6 Å². The van der Waals surface area contributed by atoms with Crippen molar-refractivity contribution in [3.63, 3.8) is 0 Å². The van der Waals surface area contributed by atoms with E-state index in [0.29, 0.717) is 5.92 Å². The predicted octanol–water partition coefficient (Wildman–Crippen LogP) is 5.13. The number of nitrogens with one attached hydrogen (secondary N) is 1. The lowest BCUT2D eigenvalue weighted by Crippen LogP contribution is -2.29. The van der Waals surface area contributed by atoms with Crippen molar-refractivity contribution in [2.45, 2.75) is 18.6 Å². The lowest BCUT2D eigenvalue weighted by molar-refractivity contribution is 0.0841. The number of nitrogens with zero attached hydrogens (tertiary/aromatic N) is 1. The first kappa shape index (κ1) is 14.3. The third-order valence-corrected chi connectivity index (χ3v) is 5.43. The Bertz CT molecular complexity index is 926. The average molecular weight is 337 g/mol. The van der Waals surface area contributed by atoms with Gasteiger partial charge in [0, 0.05) is 40.4 Å². The van der Waals surface area contributed by atoms with Crippen LogP contribution in [0.4, 0.5) is 5.69 Å². The normalized spacial score (nSPS) is 25.1. The predicted molar refractivity (Wildman–Crippen MR) is 96.4 cm³/mol. The second-order valence-electron chi connectivity index (χ2n) is 6.52. The summed E-state index contributed by atoms with van der Waals surface area (Å²) in [6.45, 7) is 0.796. The molecule has 1 saturated heterocycles. The Morgan fingerprint density at radius 1 is 1.12 bits per heavy atom. The quantitative estimate of drug-likeness (QED) is 0.668. The van der Waals surface area contributed by atoms with Crippen molar-refractivity contribution in [2.24, 2.45) is 5.92 Å². The molecule has 0 unspecified atom stereocenters. The van der Waals surface area contributed by atoms with Gasteiger partial charge < -0.3 is 10.1 Å². The number of hydrogen-bond acceptors (Lipinski definition) is 3. The Balaban J connectivity index is 1.68. The van der Waals surface area contributed by atoms with E-state index in [2.05, 4.69) is 40.6 Å². The molecular formula is C20H17ClN2O. The highest BCUT2D eigenvalue weighted by atomic mass is 35.5. The maximum Gasteiger partial charge on any atom is 0.0903 e. The van der Waals surface area contributed by atoms with Crippen molar-refractivity contribution in [1.29, 1.82) is 0 Å². The summed E-state index contributed by atoms with van der Waals surface area (Å²) in [5.41, 5.74) is 4.64. The van der Waals surface area contributed by atoms with Crippen molar-refractivity contribution >= 4 is 28.2 Å². The van der Waals surface area contributed by atoms with Gasteiger partial charge in [-0.1, -0.05) is 29.8 Å². The summed E-state index contributed by atoms with van der Waals surface area (Å²) in [4.78, 5) is 4.49. The molecule has 120 valence electrons. The van der Waals surface area contributed by atoms with E-state index in [1.807, 2.05) is 24.4 Å². The number of hydrogen-bond donors (Lipinski definition) is 1. The minimum absolute atomic E-state index is 0.109. The van der Waals surface area contributed by atoms with E-state index in [4.69, 9.17) is 16.3 Å². The van der Waals surface area contributed by atoms with Gasteiger partial charge in [-0.15, -0.1) is 0 Å². The molecule has 0 bridgehead atoms. The minimum atomic E-state index is 0.109. The van der Waals surface area contributed by atoms with Crippen molar-refractivity contribution in [3.8, 4) is 0 Å². The van der Waals surface area contributed by atoms with E-state index in [-0.39, 0.29) is 12.1 Å². The van der Waals surface area contributed by atoms with Crippen molar-refractivity contribution in [1.82, 2.24) is 4.98 Å². The van der Waals surface area contributed by atoms with Gasteiger partial charge in [0.1, 0.15) is 0 Å². The van der Waals surface area contributed by atoms with Crippen molar-refractivity contribution in [2.75, 3.05) is 11.9 Å². The monoisotopic (exact) mass is 336 g/mol. The second kappa shape index (κ2) is 5.47. The van der Waals surface area contributed by atoms with Crippen molar-refractivity contribution < 1.29 is 4.74 Å². The Labute approximate surface area is 145 Å². The highest BCUT2D eigenvalue weighted by molar-refractivity contribution is 6.30. The Hall–Kier alpha value is -2.10.